The molecule has 8 heteroatoms. The Kier molecular flexibility index (Phi) is 9.20. The average Bonchev–Trinajstić information content (AvgIpc) is 2.82. The number of hydrogen-bond donors (Lipinski definition) is 2. The summed E-state index contributed by atoms with van der Waals surface area (Å²) in [6, 6.07) is 13.6. The van der Waals surface area contributed by atoms with Crippen LogP contribution in [-0.4, -0.2) is 39.8 Å². The number of benzene rings is 2. The molecule has 1 aliphatic rings. The molecule has 0 spiro atoms. The molecule has 3 unspecified atom stereocenters. The summed E-state index contributed by atoms with van der Waals surface area (Å²) in [4.78, 5) is 40.2. The van der Waals surface area contributed by atoms with E-state index in [-0.39, 0.29) is 11.9 Å². The van der Waals surface area contributed by atoms with Crippen LogP contribution in [-0.2, 0) is 25.2 Å². The number of nitrogens with one attached hydrogen (secondary N) is 1. The molecule has 2 aromatic rings. The number of aryl methyl sites for hydroxylation is 2. The highest BCUT2D eigenvalue weighted by molar-refractivity contribution is 7.86. The Morgan fingerprint density at radius 3 is 2.06 bits per heavy atom. The van der Waals surface area contributed by atoms with E-state index in [0.29, 0.717) is 11.3 Å². The van der Waals surface area contributed by atoms with Crippen LogP contribution in [0.1, 0.15) is 61.0 Å². The predicted octanol–water partition coefficient (Wildman–Crippen LogP) is 3.45. The third-order valence-corrected chi connectivity index (χ3v) is 8.03. The minimum absolute atomic E-state index is 0.101. The van der Waals surface area contributed by atoms with Crippen LogP contribution in [0.3, 0.4) is 0 Å². The summed E-state index contributed by atoms with van der Waals surface area (Å²) in [5.41, 5.74) is 8.61. The summed E-state index contributed by atoms with van der Waals surface area (Å²) >= 11 is 0. The Bertz CT molecular complexity index is 1060. The third kappa shape index (κ3) is 7.01. The largest absolute Gasteiger partial charge is 0.368 e. The van der Waals surface area contributed by atoms with Gasteiger partial charge in [-0.25, -0.2) is 0 Å². The predicted molar refractivity (Wildman–Crippen MR) is 139 cm³/mol. The van der Waals surface area contributed by atoms with E-state index in [1.165, 1.54) is 11.3 Å². The summed E-state index contributed by atoms with van der Waals surface area (Å²) < 4.78 is 13.2. The van der Waals surface area contributed by atoms with Gasteiger partial charge in [-0.1, -0.05) is 66.8 Å². The summed E-state index contributed by atoms with van der Waals surface area (Å²) in [7, 11) is -1.91. The van der Waals surface area contributed by atoms with E-state index in [9.17, 15) is 18.6 Å². The number of amides is 3. The van der Waals surface area contributed by atoms with Gasteiger partial charge in [0.1, 0.15) is 17.0 Å². The monoisotopic (exact) mass is 497 g/mol. The van der Waals surface area contributed by atoms with E-state index in [2.05, 4.69) is 5.32 Å². The smallest absolute Gasteiger partial charge is 0.243 e. The first-order valence-corrected chi connectivity index (χ1v) is 13.5. The maximum atomic E-state index is 13.5. The van der Waals surface area contributed by atoms with Crippen molar-refractivity contribution in [2.45, 2.75) is 70.2 Å². The highest BCUT2D eigenvalue weighted by Crippen LogP contribution is 2.24. The number of nitrogens with two attached hydrogens (primary N) is 1. The Hall–Kier alpha value is -3.00. The second kappa shape index (κ2) is 12.1. The zero-order chi connectivity index (χ0) is 25.5. The quantitative estimate of drug-likeness (QED) is 0.553. The van der Waals surface area contributed by atoms with Crippen molar-refractivity contribution in [2.75, 3.05) is 10.7 Å². The molecule has 0 bridgehead atoms. The van der Waals surface area contributed by atoms with Gasteiger partial charge in [-0.05, 0) is 51.3 Å². The summed E-state index contributed by atoms with van der Waals surface area (Å²) in [5, 5.41) is 1.96. The van der Waals surface area contributed by atoms with E-state index in [0.717, 1.165) is 36.8 Å². The van der Waals surface area contributed by atoms with Gasteiger partial charge >= 0.3 is 0 Å². The van der Waals surface area contributed by atoms with Crippen LogP contribution in [0, 0.1) is 13.8 Å². The fourth-order valence-electron chi connectivity index (χ4n) is 4.44. The standard InChI is InChI=1S/C27H35N3O4S/c1-18-9-13-21(14-10-18)25(26(28)32)35(34)17-24(31)30(23-15-11-19(2)12-16-23)20(3)27(33)29-22-7-5-4-6-8-22/h9-16,20,22,25H,4-8,17H2,1-3H3,(H2,28,32)(H,29,33). The SMILES string of the molecule is Cc1ccc(C(C(N)=O)S(=O)CC(=O)N(c2ccc(C)cc2)C(C)C(=O)NC2CCCCC2)cc1. The lowest BCUT2D eigenvalue weighted by Crippen LogP contribution is -2.52. The van der Waals surface area contributed by atoms with E-state index in [1.54, 1.807) is 43.3 Å². The topological polar surface area (TPSA) is 110 Å². The van der Waals surface area contributed by atoms with E-state index >= 15 is 0 Å². The molecular formula is C27H35N3O4S. The van der Waals surface area contributed by atoms with Crippen molar-refractivity contribution in [3.63, 3.8) is 0 Å². The van der Waals surface area contributed by atoms with Crippen molar-refractivity contribution in [1.82, 2.24) is 5.32 Å². The van der Waals surface area contributed by atoms with E-state index in [1.807, 2.05) is 26.0 Å². The zero-order valence-electron chi connectivity index (χ0n) is 20.7. The number of rotatable bonds is 9. The Balaban J connectivity index is 1.83. The van der Waals surface area contributed by atoms with Crippen LogP contribution in [0.4, 0.5) is 5.69 Å². The number of anilines is 1. The zero-order valence-corrected chi connectivity index (χ0v) is 21.5. The summed E-state index contributed by atoms with van der Waals surface area (Å²) in [5.74, 6) is -1.94. The number of nitrogens with zero attached hydrogens (tertiary/aromatic N) is 1. The van der Waals surface area contributed by atoms with Crippen LogP contribution >= 0.6 is 0 Å². The van der Waals surface area contributed by atoms with Crippen molar-refractivity contribution in [1.29, 1.82) is 0 Å². The molecule has 2 aromatic carbocycles. The third-order valence-electron chi connectivity index (χ3n) is 6.47. The first-order chi connectivity index (χ1) is 16.7. The molecular weight excluding hydrogens is 462 g/mol. The lowest BCUT2D eigenvalue weighted by Gasteiger charge is -2.31. The van der Waals surface area contributed by atoms with Crippen molar-refractivity contribution in [3.8, 4) is 0 Å². The molecule has 0 aromatic heterocycles. The molecule has 35 heavy (non-hydrogen) atoms. The lowest BCUT2D eigenvalue weighted by atomic mass is 9.95. The highest BCUT2D eigenvalue weighted by atomic mass is 32.2. The Morgan fingerprint density at radius 1 is 0.971 bits per heavy atom. The molecule has 7 nitrogen and oxygen atoms in total. The normalized spacial score (nSPS) is 16.7. The van der Waals surface area contributed by atoms with E-state index < -0.39 is 39.7 Å². The minimum atomic E-state index is -1.91. The summed E-state index contributed by atoms with van der Waals surface area (Å²) in [6.07, 6.45) is 5.18. The Morgan fingerprint density at radius 2 is 1.51 bits per heavy atom. The minimum Gasteiger partial charge on any atom is -0.368 e. The number of primary amides is 1. The molecule has 1 aliphatic carbocycles. The van der Waals surface area contributed by atoms with Gasteiger partial charge in [-0.15, -0.1) is 0 Å². The molecule has 0 heterocycles. The van der Waals surface area contributed by atoms with Crippen molar-refractivity contribution >= 4 is 34.2 Å². The van der Waals surface area contributed by atoms with Crippen LogP contribution in [0.5, 0.6) is 0 Å². The van der Waals surface area contributed by atoms with Gasteiger partial charge in [-0.3, -0.25) is 23.5 Å². The van der Waals surface area contributed by atoms with Crippen molar-refractivity contribution in [3.05, 3.63) is 65.2 Å². The molecule has 3 rings (SSSR count). The average molecular weight is 498 g/mol. The number of carbonyl (C=O) groups is 3. The van der Waals surface area contributed by atoms with Gasteiger partial charge in [0.2, 0.25) is 17.7 Å². The van der Waals surface area contributed by atoms with E-state index in [4.69, 9.17) is 5.73 Å². The van der Waals surface area contributed by atoms with Gasteiger partial charge in [0.05, 0.1) is 0 Å². The van der Waals surface area contributed by atoms with Gasteiger partial charge in [-0.2, -0.15) is 0 Å². The molecule has 3 amide bonds. The molecule has 188 valence electrons. The highest BCUT2D eigenvalue weighted by Gasteiger charge is 2.33. The van der Waals surface area contributed by atoms with Gasteiger partial charge in [0.15, 0.2) is 0 Å². The maximum absolute atomic E-state index is 13.5. The second-order valence-electron chi connectivity index (χ2n) is 9.34. The number of carbonyl (C=O) groups excluding carboxylic acids is 3. The van der Waals surface area contributed by atoms with Crippen molar-refractivity contribution < 1.29 is 18.6 Å². The summed E-state index contributed by atoms with van der Waals surface area (Å²) in [6.45, 7) is 5.51. The van der Waals surface area contributed by atoms with Gasteiger partial charge < -0.3 is 11.1 Å². The second-order valence-corrected chi connectivity index (χ2v) is 10.9. The molecule has 0 saturated heterocycles. The fourth-order valence-corrected chi connectivity index (χ4v) is 5.71. The first-order valence-electron chi connectivity index (χ1n) is 12.1. The van der Waals surface area contributed by atoms with Crippen LogP contribution in [0.15, 0.2) is 48.5 Å². The molecule has 3 N–H and O–H groups in total. The maximum Gasteiger partial charge on any atom is 0.243 e. The van der Waals surface area contributed by atoms with Crippen LogP contribution < -0.4 is 16.0 Å². The van der Waals surface area contributed by atoms with Crippen LogP contribution in [0.25, 0.3) is 0 Å². The van der Waals surface area contributed by atoms with Crippen LogP contribution in [0.2, 0.25) is 0 Å². The van der Waals surface area contributed by atoms with Gasteiger partial charge in [0.25, 0.3) is 0 Å². The Labute approximate surface area is 209 Å². The fraction of sp³-hybridized carbons (Fsp3) is 0.444. The molecule has 3 atom stereocenters. The number of hydrogen-bond acceptors (Lipinski definition) is 4. The lowest BCUT2D eigenvalue weighted by molar-refractivity contribution is -0.126. The molecule has 0 aliphatic heterocycles. The molecule has 0 radical (unpaired) electrons. The van der Waals surface area contributed by atoms with Crippen molar-refractivity contribution in [2.24, 2.45) is 5.73 Å². The molecule has 1 saturated carbocycles. The first kappa shape index (κ1) is 26.6. The molecule has 1 fully saturated rings. The van der Waals surface area contributed by atoms with Gasteiger partial charge in [0, 0.05) is 22.5 Å².